The highest BCUT2D eigenvalue weighted by atomic mass is 16.5. The summed E-state index contributed by atoms with van der Waals surface area (Å²) in [5.74, 6) is 0.344. The molecule has 2 aromatic rings. The van der Waals surface area contributed by atoms with Gasteiger partial charge in [-0.05, 0) is 18.2 Å². The molecular weight excluding hydrogens is 284 g/mol. The highest BCUT2D eigenvalue weighted by Gasteiger charge is 2.13. The summed E-state index contributed by atoms with van der Waals surface area (Å²) in [6.07, 6.45) is 0. The van der Waals surface area contributed by atoms with Gasteiger partial charge >= 0.3 is 0 Å². The molecule has 2 rings (SSSR count). The predicted molar refractivity (Wildman–Crippen MR) is 82.6 cm³/mol. The number of nitrogen functional groups attached to an aromatic ring is 1. The van der Waals surface area contributed by atoms with Gasteiger partial charge in [0.15, 0.2) is 0 Å². The summed E-state index contributed by atoms with van der Waals surface area (Å²) < 4.78 is 10.6. The Hall–Kier alpha value is -2.67. The van der Waals surface area contributed by atoms with Gasteiger partial charge in [0.05, 0.1) is 12.3 Å². The van der Waals surface area contributed by atoms with Crippen LogP contribution in [-0.4, -0.2) is 43.2 Å². The third kappa shape index (κ3) is 3.70. The standard InChI is InChI=1S/C15H18N4O3/c1-17-14(20)12-9-11(18-15(16)19-12)10-5-3-4-6-13(10)22-8-7-21-2/h3-6,9H,7-8H2,1-2H3,(H,17,20)(H2,16,18,19). The first kappa shape index (κ1) is 15.7. The summed E-state index contributed by atoms with van der Waals surface area (Å²) >= 11 is 0. The lowest BCUT2D eigenvalue weighted by Gasteiger charge is -2.11. The Morgan fingerprint density at radius 3 is 2.77 bits per heavy atom. The Bertz CT molecular complexity index is 661. The fourth-order valence-electron chi connectivity index (χ4n) is 1.89. The van der Waals surface area contributed by atoms with E-state index in [1.807, 2.05) is 24.3 Å². The van der Waals surface area contributed by atoms with Crippen molar-refractivity contribution in [2.75, 3.05) is 33.1 Å². The van der Waals surface area contributed by atoms with Crippen LogP contribution >= 0.6 is 0 Å². The smallest absolute Gasteiger partial charge is 0.269 e. The molecule has 0 spiro atoms. The number of para-hydroxylation sites is 1. The molecule has 3 N–H and O–H groups in total. The van der Waals surface area contributed by atoms with Crippen LogP contribution in [0.15, 0.2) is 30.3 Å². The second-order valence-corrected chi connectivity index (χ2v) is 4.41. The van der Waals surface area contributed by atoms with E-state index in [0.29, 0.717) is 24.7 Å². The van der Waals surface area contributed by atoms with Crippen LogP contribution in [0.4, 0.5) is 5.95 Å². The monoisotopic (exact) mass is 302 g/mol. The third-order valence-electron chi connectivity index (χ3n) is 2.91. The van der Waals surface area contributed by atoms with Crippen molar-refractivity contribution in [1.82, 2.24) is 15.3 Å². The molecule has 0 saturated carbocycles. The maximum atomic E-state index is 11.7. The molecule has 1 heterocycles. The maximum Gasteiger partial charge on any atom is 0.269 e. The van der Waals surface area contributed by atoms with Gasteiger partial charge in [0, 0.05) is 19.7 Å². The van der Waals surface area contributed by atoms with Crippen LogP contribution in [-0.2, 0) is 4.74 Å². The normalized spacial score (nSPS) is 10.3. The van der Waals surface area contributed by atoms with Crippen molar-refractivity contribution in [3.8, 4) is 17.0 Å². The lowest BCUT2D eigenvalue weighted by atomic mass is 10.1. The first-order valence-corrected chi connectivity index (χ1v) is 6.73. The Labute approximate surface area is 128 Å². The molecule has 22 heavy (non-hydrogen) atoms. The van der Waals surface area contributed by atoms with Gasteiger partial charge in [-0.25, -0.2) is 9.97 Å². The van der Waals surface area contributed by atoms with Crippen LogP contribution in [0.2, 0.25) is 0 Å². The van der Waals surface area contributed by atoms with E-state index >= 15 is 0 Å². The summed E-state index contributed by atoms with van der Waals surface area (Å²) in [6, 6.07) is 8.96. The van der Waals surface area contributed by atoms with E-state index < -0.39 is 0 Å². The number of ether oxygens (including phenoxy) is 2. The molecule has 0 aliphatic heterocycles. The minimum absolute atomic E-state index is 0.0304. The molecule has 0 bridgehead atoms. The largest absolute Gasteiger partial charge is 0.490 e. The molecule has 1 amide bonds. The molecule has 0 atom stereocenters. The Balaban J connectivity index is 2.39. The van der Waals surface area contributed by atoms with E-state index in [4.69, 9.17) is 15.2 Å². The molecule has 1 aromatic heterocycles. The number of rotatable bonds is 6. The number of nitrogens with two attached hydrogens (primary N) is 1. The molecule has 0 aliphatic carbocycles. The number of amides is 1. The average Bonchev–Trinajstić information content (AvgIpc) is 2.54. The van der Waals surface area contributed by atoms with Gasteiger partial charge in [-0.2, -0.15) is 0 Å². The number of anilines is 1. The fourth-order valence-corrected chi connectivity index (χ4v) is 1.89. The van der Waals surface area contributed by atoms with E-state index in [2.05, 4.69) is 15.3 Å². The Morgan fingerprint density at radius 2 is 2.05 bits per heavy atom. The molecule has 1 aromatic carbocycles. The van der Waals surface area contributed by atoms with Crippen molar-refractivity contribution in [3.05, 3.63) is 36.0 Å². The molecule has 0 unspecified atom stereocenters. The topological polar surface area (TPSA) is 99.4 Å². The summed E-state index contributed by atoms with van der Waals surface area (Å²) in [5, 5.41) is 2.51. The maximum absolute atomic E-state index is 11.7. The molecular formula is C15H18N4O3. The second kappa shape index (κ2) is 7.37. The van der Waals surface area contributed by atoms with Gasteiger partial charge in [-0.3, -0.25) is 4.79 Å². The SMILES string of the molecule is CNC(=O)c1cc(-c2ccccc2OCCOC)nc(N)n1. The average molecular weight is 302 g/mol. The zero-order chi connectivity index (χ0) is 15.9. The lowest BCUT2D eigenvalue weighted by molar-refractivity contribution is 0.0958. The van der Waals surface area contributed by atoms with Gasteiger partial charge in [0.25, 0.3) is 5.91 Å². The molecule has 116 valence electrons. The third-order valence-corrected chi connectivity index (χ3v) is 2.91. The van der Waals surface area contributed by atoms with Crippen LogP contribution in [0, 0.1) is 0 Å². The van der Waals surface area contributed by atoms with Gasteiger partial charge in [-0.15, -0.1) is 0 Å². The Morgan fingerprint density at radius 1 is 1.27 bits per heavy atom. The molecule has 7 nitrogen and oxygen atoms in total. The van der Waals surface area contributed by atoms with E-state index in [0.717, 1.165) is 5.56 Å². The molecule has 0 saturated heterocycles. The number of nitrogens with one attached hydrogen (secondary N) is 1. The van der Waals surface area contributed by atoms with Crippen molar-refractivity contribution >= 4 is 11.9 Å². The van der Waals surface area contributed by atoms with Crippen LogP contribution < -0.4 is 15.8 Å². The molecule has 0 fully saturated rings. The molecule has 0 aliphatic rings. The van der Waals surface area contributed by atoms with Crippen molar-refractivity contribution in [2.24, 2.45) is 0 Å². The number of hydrogen-bond acceptors (Lipinski definition) is 6. The number of carbonyl (C=O) groups is 1. The van der Waals surface area contributed by atoms with Crippen LogP contribution in [0.5, 0.6) is 5.75 Å². The number of aromatic nitrogens is 2. The number of hydrogen-bond donors (Lipinski definition) is 2. The summed E-state index contributed by atoms with van der Waals surface area (Å²) in [7, 11) is 3.14. The number of nitrogens with zero attached hydrogens (tertiary/aromatic N) is 2. The minimum atomic E-state index is -0.326. The van der Waals surface area contributed by atoms with Crippen LogP contribution in [0.3, 0.4) is 0 Å². The van der Waals surface area contributed by atoms with E-state index in [1.54, 1.807) is 13.2 Å². The number of methoxy groups -OCH3 is 1. The minimum Gasteiger partial charge on any atom is -0.490 e. The lowest BCUT2D eigenvalue weighted by Crippen LogP contribution is -2.20. The van der Waals surface area contributed by atoms with E-state index in [1.165, 1.54) is 7.05 Å². The van der Waals surface area contributed by atoms with Gasteiger partial charge in [-0.1, -0.05) is 12.1 Å². The van der Waals surface area contributed by atoms with Crippen LogP contribution in [0.25, 0.3) is 11.3 Å². The van der Waals surface area contributed by atoms with Crippen molar-refractivity contribution in [3.63, 3.8) is 0 Å². The van der Waals surface area contributed by atoms with E-state index in [-0.39, 0.29) is 17.5 Å². The quantitative estimate of drug-likeness (QED) is 0.775. The molecule has 7 heteroatoms. The molecule has 0 radical (unpaired) electrons. The number of benzene rings is 1. The van der Waals surface area contributed by atoms with E-state index in [9.17, 15) is 4.79 Å². The fraction of sp³-hybridized carbons (Fsp3) is 0.267. The summed E-state index contributed by atoms with van der Waals surface area (Å²) in [6.45, 7) is 0.889. The number of carbonyl (C=O) groups excluding carboxylic acids is 1. The zero-order valence-electron chi connectivity index (χ0n) is 12.5. The van der Waals surface area contributed by atoms with Crippen molar-refractivity contribution < 1.29 is 14.3 Å². The first-order valence-electron chi connectivity index (χ1n) is 6.73. The predicted octanol–water partition coefficient (Wildman–Crippen LogP) is 1.11. The Kier molecular flexibility index (Phi) is 5.26. The van der Waals surface area contributed by atoms with Gasteiger partial charge < -0.3 is 20.5 Å². The van der Waals surface area contributed by atoms with Crippen molar-refractivity contribution in [1.29, 1.82) is 0 Å². The highest BCUT2D eigenvalue weighted by Crippen LogP contribution is 2.29. The second-order valence-electron chi connectivity index (χ2n) is 4.41. The zero-order valence-corrected chi connectivity index (χ0v) is 12.5. The highest BCUT2D eigenvalue weighted by molar-refractivity contribution is 5.93. The summed E-state index contributed by atoms with van der Waals surface area (Å²) in [5.41, 5.74) is 7.16. The summed E-state index contributed by atoms with van der Waals surface area (Å²) in [4.78, 5) is 19.9. The van der Waals surface area contributed by atoms with Gasteiger partial charge in [0.2, 0.25) is 5.95 Å². The van der Waals surface area contributed by atoms with Crippen LogP contribution in [0.1, 0.15) is 10.5 Å². The van der Waals surface area contributed by atoms with Crippen molar-refractivity contribution in [2.45, 2.75) is 0 Å². The van der Waals surface area contributed by atoms with Gasteiger partial charge in [0.1, 0.15) is 18.1 Å². The first-order chi connectivity index (χ1) is 10.7.